The fourth-order valence-electron chi connectivity index (χ4n) is 2.70. The van der Waals surface area contributed by atoms with Crippen LogP contribution in [0.15, 0.2) is 18.3 Å². The highest BCUT2D eigenvalue weighted by Gasteiger charge is 2.27. The van der Waals surface area contributed by atoms with E-state index >= 15 is 0 Å². The third-order valence-electron chi connectivity index (χ3n) is 3.96. The van der Waals surface area contributed by atoms with Crippen molar-refractivity contribution >= 4 is 5.82 Å². The summed E-state index contributed by atoms with van der Waals surface area (Å²) in [4.78, 5) is 7.10. The van der Waals surface area contributed by atoms with Gasteiger partial charge in [-0.2, -0.15) is 0 Å². The van der Waals surface area contributed by atoms with E-state index in [2.05, 4.69) is 48.1 Å². The topological polar surface area (TPSA) is 28.2 Å². The van der Waals surface area contributed by atoms with Gasteiger partial charge in [0.1, 0.15) is 5.82 Å². The molecule has 3 nitrogen and oxygen atoms in total. The van der Waals surface area contributed by atoms with E-state index < -0.39 is 0 Å². The Balaban J connectivity index is 2.21. The quantitative estimate of drug-likeness (QED) is 0.864. The van der Waals surface area contributed by atoms with Crippen LogP contribution in [0.3, 0.4) is 0 Å². The molecular weight excluding hydrogens is 222 g/mol. The number of rotatable bonds is 5. The molecule has 3 heteroatoms. The van der Waals surface area contributed by atoms with E-state index in [1.165, 1.54) is 24.9 Å². The van der Waals surface area contributed by atoms with E-state index in [1.54, 1.807) is 0 Å². The lowest BCUT2D eigenvalue weighted by molar-refractivity contribution is 0.271. The molecule has 0 radical (unpaired) electrons. The molecule has 0 saturated carbocycles. The van der Waals surface area contributed by atoms with Gasteiger partial charge in [-0.25, -0.2) is 4.98 Å². The van der Waals surface area contributed by atoms with Crippen molar-refractivity contribution in [1.82, 2.24) is 9.88 Å². The summed E-state index contributed by atoms with van der Waals surface area (Å²) in [6.45, 7) is 9.01. The highest BCUT2D eigenvalue weighted by molar-refractivity contribution is 5.46. The molecule has 0 bridgehead atoms. The van der Waals surface area contributed by atoms with Crippen molar-refractivity contribution < 1.29 is 0 Å². The summed E-state index contributed by atoms with van der Waals surface area (Å²) in [6.07, 6.45) is 5.57. The van der Waals surface area contributed by atoms with Gasteiger partial charge < -0.3 is 5.32 Å². The lowest BCUT2D eigenvalue weighted by Crippen LogP contribution is -2.25. The van der Waals surface area contributed by atoms with Crippen LogP contribution in [0.4, 0.5) is 5.82 Å². The van der Waals surface area contributed by atoms with Crippen molar-refractivity contribution in [2.24, 2.45) is 0 Å². The van der Waals surface area contributed by atoms with Crippen molar-refractivity contribution in [3.63, 3.8) is 0 Å². The fourth-order valence-corrected chi connectivity index (χ4v) is 2.70. The van der Waals surface area contributed by atoms with E-state index in [9.17, 15) is 0 Å². The third kappa shape index (κ3) is 2.83. The molecule has 0 aliphatic carbocycles. The van der Waals surface area contributed by atoms with Crippen LogP contribution in [0.25, 0.3) is 0 Å². The minimum absolute atomic E-state index is 0.482. The molecule has 1 fully saturated rings. The predicted octanol–water partition coefficient (Wildman–Crippen LogP) is 3.45. The average Bonchev–Trinajstić information content (AvgIpc) is 2.87. The van der Waals surface area contributed by atoms with E-state index in [4.69, 9.17) is 0 Å². The number of hydrogen-bond acceptors (Lipinski definition) is 3. The first kappa shape index (κ1) is 13.3. The zero-order valence-electron chi connectivity index (χ0n) is 11.8. The standard InChI is InChI=1S/C15H25N3/c1-4-12(3)17-15-13(8-6-10-16-15)14-9-7-11-18(14)5-2/h6,8,10,12,14H,4-5,7,9,11H2,1-3H3,(H,16,17)/t12-,14+/m1/s1. The Hall–Kier alpha value is -1.09. The van der Waals surface area contributed by atoms with Crippen LogP contribution in [0.5, 0.6) is 0 Å². The van der Waals surface area contributed by atoms with Crippen molar-refractivity contribution in [3.05, 3.63) is 23.9 Å². The van der Waals surface area contributed by atoms with Crippen LogP contribution in [0.2, 0.25) is 0 Å². The molecule has 1 aliphatic heterocycles. The van der Waals surface area contributed by atoms with Gasteiger partial charge in [-0.3, -0.25) is 4.90 Å². The second-order valence-corrected chi connectivity index (χ2v) is 5.18. The summed E-state index contributed by atoms with van der Waals surface area (Å²) in [6, 6.07) is 5.32. The number of aromatic nitrogens is 1. The summed E-state index contributed by atoms with van der Waals surface area (Å²) < 4.78 is 0. The Morgan fingerprint density at radius 1 is 1.50 bits per heavy atom. The summed E-state index contributed by atoms with van der Waals surface area (Å²) in [5, 5.41) is 3.54. The molecule has 1 aliphatic rings. The minimum Gasteiger partial charge on any atom is -0.367 e. The van der Waals surface area contributed by atoms with E-state index in [-0.39, 0.29) is 0 Å². The Labute approximate surface area is 111 Å². The monoisotopic (exact) mass is 247 g/mol. The molecule has 0 amide bonds. The number of pyridine rings is 1. The van der Waals surface area contributed by atoms with Gasteiger partial charge in [-0.15, -0.1) is 0 Å². The normalized spacial score (nSPS) is 22.1. The van der Waals surface area contributed by atoms with Gasteiger partial charge in [-0.1, -0.05) is 19.9 Å². The molecule has 1 N–H and O–H groups in total. The molecular formula is C15H25N3. The number of nitrogens with zero attached hydrogens (tertiary/aromatic N) is 2. The largest absolute Gasteiger partial charge is 0.367 e. The van der Waals surface area contributed by atoms with E-state index in [0.29, 0.717) is 12.1 Å². The molecule has 2 atom stereocenters. The van der Waals surface area contributed by atoms with Gasteiger partial charge in [0.2, 0.25) is 0 Å². The lowest BCUT2D eigenvalue weighted by atomic mass is 10.0. The van der Waals surface area contributed by atoms with Crippen LogP contribution in [0, 0.1) is 0 Å². The Morgan fingerprint density at radius 3 is 3.06 bits per heavy atom. The fraction of sp³-hybridized carbons (Fsp3) is 0.667. The van der Waals surface area contributed by atoms with E-state index in [0.717, 1.165) is 18.8 Å². The number of anilines is 1. The Morgan fingerprint density at radius 2 is 2.33 bits per heavy atom. The lowest BCUT2D eigenvalue weighted by Gasteiger charge is -2.25. The first-order valence-corrected chi connectivity index (χ1v) is 7.21. The predicted molar refractivity (Wildman–Crippen MR) is 76.8 cm³/mol. The van der Waals surface area contributed by atoms with Crippen LogP contribution in [0.1, 0.15) is 51.6 Å². The minimum atomic E-state index is 0.482. The van der Waals surface area contributed by atoms with E-state index in [1.807, 2.05) is 6.20 Å². The molecule has 1 saturated heterocycles. The van der Waals surface area contributed by atoms with Crippen LogP contribution < -0.4 is 5.32 Å². The second kappa shape index (κ2) is 6.19. The summed E-state index contributed by atoms with van der Waals surface area (Å²) in [5.41, 5.74) is 1.37. The smallest absolute Gasteiger partial charge is 0.130 e. The summed E-state index contributed by atoms with van der Waals surface area (Å²) in [5.74, 6) is 1.08. The van der Waals surface area contributed by atoms with Gasteiger partial charge >= 0.3 is 0 Å². The molecule has 1 aromatic rings. The molecule has 100 valence electrons. The Bertz CT molecular complexity index is 378. The van der Waals surface area contributed by atoms with Gasteiger partial charge in [0, 0.05) is 23.8 Å². The maximum Gasteiger partial charge on any atom is 0.130 e. The van der Waals surface area contributed by atoms with Crippen molar-refractivity contribution in [2.75, 3.05) is 18.4 Å². The second-order valence-electron chi connectivity index (χ2n) is 5.18. The van der Waals surface area contributed by atoms with Crippen molar-refractivity contribution in [1.29, 1.82) is 0 Å². The number of hydrogen-bond donors (Lipinski definition) is 1. The highest BCUT2D eigenvalue weighted by atomic mass is 15.2. The van der Waals surface area contributed by atoms with Crippen molar-refractivity contribution in [2.45, 2.75) is 52.1 Å². The molecule has 2 rings (SSSR count). The van der Waals surface area contributed by atoms with Crippen LogP contribution in [-0.4, -0.2) is 29.0 Å². The van der Waals surface area contributed by atoms with Gasteiger partial charge in [0.05, 0.1) is 0 Å². The molecule has 0 aromatic carbocycles. The first-order chi connectivity index (χ1) is 8.76. The summed E-state index contributed by atoms with van der Waals surface area (Å²) in [7, 11) is 0. The molecule has 1 aromatic heterocycles. The van der Waals surface area contributed by atoms with Gasteiger partial charge in [-0.05, 0) is 45.3 Å². The van der Waals surface area contributed by atoms with Gasteiger partial charge in [0.15, 0.2) is 0 Å². The maximum atomic E-state index is 4.54. The SMILES string of the molecule is CC[C@@H](C)Nc1ncccc1[C@@H]1CCCN1CC. The van der Waals surface area contributed by atoms with Gasteiger partial charge in [0.25, 0.3) is 0 Å². The van der Waals surface area contributed by atoms with Crippen LogP contribution in [-0.2, 0) is 0 Å². The third-order valence-corrected chi connectivity index (χ3v) is 3.96. The highest BCUT2D eigenvalue weighted by Crippen LogP contribution is 2.34. The summed E-state index contributed by atoms with van der Waals surface area (Å²) >= 11 is 0. The average molecular weight is 247 g/mol. The molecule has 18 heavy (non-hydrogen) atoms. The Kier molecular flexibility index (Phi) is 4.59. The molecule has 0 unspecified atom stereocenters. The maximum absolute atomic E-state index is 4.54. The number of likely N-dealkylation sites (tertiary alicyclic amines) is 1. The molecule has 0 spiro atoms. The zero-order chi connectivity index (χ0) is 13.0. The zero-order valence-corrected chi connectivity index (χ0v) is 11.8. The van der Waals surface area contributed by atoms with Crippen LogP contribution >= 0.6 is 0 Å². The molecule has 2 heterocycles. The first-order valence-electron chi connectivity index (χ1n) is 7.21. The van der Waals surface area contributed by atoms with Crippen molar-refractivity contribution in [3.8, 4) is 0 Å². The number of nitrogens with one attached hydrogen (secondary N) is 1.